The van der Waals surface area contributed by atoms with Gasteiger partial charge in [0.1, 0.15) is 0 Å². The number of unbranched alkanes of at least 4 members (excludes halogenated alkanes) is 1. The molecular weight excluding hydrogens is 228 g/mol. The first-order chi connectivity index (χ1) is 8.22. The molecule has 2 aliphatic rings. The largest absolute Gasteiger partial charge is 0.365 e. The number of nitrogens with zero attached hydrogens (tertiary/aromatic N) is 2. The summed E-state index contributed by atoms with van der Waals surface area (Å²) in [6.45, 7) is 8.49. The third kappa shape index (κ3) is 3.19. The van der Waals surface area contributed by atoms with E-state index in [4.69, 9.17) is 0 Å². The lowest BCUT2D eigenvalue weighted by atomic mass is 9.93. The summed E-state index contributed by atoms with van der Waals surface area (Å²) in [5.74, 6) is 0.815. The molecule has 17 heavy (non-hydrogen) atoms. The molecule has 98 valence electrons. The van der Waals surface area contributed by atoms with Crippen LogP contribution in [0.25, 0.3) is 0 Å². The molecular formula is C14H26N2S. The Kier molecular flexibility index (Phi) is 4.80. The fraction of sp³-hybridized carbons (Fsp3) is 0.857. The molecule has 0 radical (unpaired) electrons. The second-order valence-corrected chi connectivity index (χ2v) is 6.55. The molecule has 1 atom stereocenters. The van der Waals surface area contributed by atoms with Gasteiger partial charge in [0.2, 0.25) is 0 Å². The van der Waals surface area contributed by atoms with Crippen LogP contribution in [-0.4, -0.2) is 41.9 Å². The van der Waals surface area contributed by atoms with Crippen molar-refractivity contribution >= 4 is 11.8 Å². The van der Waals surface area contributed by atoms with Crippen LogP contribution in [0.2, 0.25) is 0 Å². The molecule has 0 N–H and O–H groups in total. The Labute approximate surface area is 110 Å². The van der Waals surface area contributed by atoms with E-state index in [9.17, 15) is 0 Å². The van der Waals surface area contributed by atoms with Crippen LogP contribution in [0.15, 0.2) is 11.1 Å². The lowest BCUT2D eigenvalue weighted by Gasteiger charge is -2.35. The van der Waals surface area contributed by atoms with Gasteiger partial charge in [0.15, 0.2) is 0 Å². The van der Waals surface area contributed by atoms with Crippen LogP contribution in [0.5, 0.6) is 0 Å². The van der Waals surface area contributed by atoms with E-state index in [0.29, 0.717) is 5.37 Å². The monoisotopic (exact) mass is 254 g/mol. The fourth-order valence-electron chi connectivity index (χ4n) is 2.77. The van der Waals surface area contributed by atoms with Gasteiger partial charge in [0.05, 0.1) is 5.37 Å². The number of thioether (sulfide) groups is 1. The standard InChI is InChI=1S/C14H26N2S/c1-4-5-8-16-9-6-13(7-10-16)14-11-17-12(2)15(14)3/h11-13H,4-10H2,1-3H3. The van der Waals surface area contributed by atoms with Crippen molar-refractivity contribution in [2.24, 2.45) is 5.92 Å². The maximum atomic E-state index is 2.64. The summed E-state index contributed by atoms with van der Waals surface area (Å²) in [6.07, 6.45) is 5.39. The van der Waals surface area contributed by atoms with Crippen LogP contribution in [0.1, 0.15) is 39.5 Å². The molecule has 0 amide bonds. The molecule has 2 heterocycles. The van der Waals surface area contributed by atoms with Gasteiger partial charge in [0.25, 0.3) is 0 Å². The van der Waals surface area contributed by atoms with Crippen molar-refractivity contribution < 1.29 is 0 Å². The first kappa shape index (κ1) is 13.3. The minimum Gasteiger partial charge on any atom is -0.365 e. The predicted molar refractivity (Wildman–Crippen MR) is 77.0 cm³/mol. The highest BCUT2D eigenvalue weighted by atomic mass is 32.2. The first-order valence-corrected chi connectivity index (χ1v) is 7.97. The Morgan fingerprint density at radius 1 is 1.35 bits per heavy atom. The number of rotatable bonds is 4. The van der Waals surface area contributed by atoms with Crippen LogP contribution >= 0.6 is 11.8 Å². The number of hydrogen-bond donors (Lipinski definition) is 0. The van der Waals surface area contributed by atoms with E-state index in [1.807, 2.05) is 11.8 Å². The molecule has 0 saturated carbocycles. The normalized spacial score (nSPS) is 27.6. The SMILES string of the molecule is CCCCN1CCC(C2=CSC(C)N2C)CC1. The summed E-state index contributed by atoms with van der Waals surface area (Å²) in [5.41, 5.74) is 1.60. The van der Waals surface area contributed by atoms with Gasteiger partial charge in [-0.15, -0.1) is 11.8 Å². The minimum atomic E-state index is 0.642. The number of allylic oxidation sites excluding steroid dienone is 1. The highest BCUT2D eigenvalue weighted by molar-refractivity contribution is 8.02. The van der Waals surface area contributed by atoms with Crippen LogP contribution < -0.4 is 0 Å². The maximum Gasteiger partial charge on any atom is 0.0757 e. The quantitative estimate of drug-likeness (QED) is 0.759. The Bertz CT molecular complexity index is 269. The second kappa shape index (κ2) is 6.14. The topological polar surface area (TPSA) is 6.48 Å². The summed E-state index contributed by atoms with van der Waals surface area (Å²) < 4.78 is 0. The van der Waals surface area contributed by atoms with Crippen LogP contribution in [0, 0.1) is 5.92 Å². The molecule has 3 heteroatoms. The Balaban J connectivity index is 1.79. The van der Waals surface area contributed by atoms with Gasteiger partial charge in [-0.05, 0) is 51.2 Å². The fourth-order valence-corrected chi connectivity index (χ4v) is 3.77. The molecule has 0 aromatic carbocycles. The molecule has 1 saturated heterocycles. The molecule has 0 aromatic heterocycles. The van der Waals surface area contributed by atoms with Crippen molar-refractivity contribution in [1.82, 2.24) is 9.80 Å². The van der Waals surface area contributed by atoms with Gasteiger partial charge in [-0.25, -0.2) is 0 Å². The van der Waals surface area contributed by atoms with E-state index in [2.05, 4.69) is 36.1 Å². The molecule has 0 bridgehead atoms. The molecule has 0 spiro atoms. The third-order valence-corrected chi connectivity index (χ3v) is 5.26. The minimum absolute atomic E-state index is 0.642. The van der Waals surface area contributed by atoms with Gasteiger partial charge in [-0.3, -0.25) is 0 Å². The highest BCUT2D eigenvalue weighted by Crippen LogP contribution is 2.37. The molecule has 2 nitrogen and oxygen atoms in total. The second-order valence-electron chi connectivity index (χ2n) is 5.36. The van der Waals surface area contributed by atoms with E-state index in [-0.39, 0.29) is 0 Å². The van der Waals surface area contributed by atoms with E-state index in [1.165, 1.54) is 45.3 Å². The zero-order valence-corrected chi connectivity index (χ0v) is 12.3. The number of likely N-dealkylation sites (tertiary alicyclic amines) is 1. The van der Waals surface area contributed by atoms with E-state index in [0.717, 1.165) is 5.92 Å². The molecule has 2 aliphatic heterocycles. The van der Waals surface area contributed by atoms with Crippen molar-refractivity contribution in [2.45, 2.75) is 44.9 Å². The molecule has 1 fully saturated rings. The average molecular weight is 254 g/mol. The molecule has 1 unspecified atom stereocenters. The zero-order valence-electron chi connectivity index (χ0n) is 11.5. The molecule has 2 rings (SSSR count). The van der Waals surface area contributed by atoms with Crippen molar-refractivity contribution in [3.05, 3.63) is 11.1 Å². The van der Waals surface area contributed by atoms with Gasteiger partial charge in [-0.1, -0.05) is 13.3 Å². The van der Waals surface area contributed by atoms with E-state index < -0.39 is 0 Å². The predicted octanol–water partition coefficient (Wildman–Crippen LogP) is 3.36. The smallest absolute Gasteiger partial charge is 0.0757 e. The van der Waals surface area contributed by atoms with Gasteiger partial charge in [-0.2, -0.15) is 0 Å². The third-order valence-electron chi connectivity index (χ3n) is 4.17. The van der Waals surface area contributed by atoms with E-state index in [1.54, 1.807) is 5.70 Å². The van der Waals surface area contributed by atoms with Crippen molar-refractivity contribution in [3.63, 3.8) is 0 Å². The summed E-state index contributed by atoms with van der Waals surface area (Å²) in [4.78, 5) is 5.11. The number of hydrogen-bond acceptors (Lipinski definition) is 3. The van der Waals surface area contributed by atoms with Crippen LogP contribution in [0.3, 0.4) is 0 Å². The van der Waals surface area contributed by atoms with Crippen molar-refractivity contribution in [1.29, 1.82) is 0 Å². The Morgan fingerprint density at radius 2 is 2.06 bits per heavy atom. The molecule has 0 aromatic rings. The zero-order chi connectivity index (χ0) is 12.3. The Hall–Kier alpha value is -0.150. The van der Waals surface area contributed by atoms with Gasteiger partial charge >= 0.3 is 0 Å². The van der Waals surface area contributed by atoms with Gasteiger partial charge < -0.3 is 9.80 Å². The van der Waals surface area contributed by atoms with Crippen LogP contribution in [-0.2, 0) is 0 Å². The Morgan fingerprint density at radius 3 is 2.59 bits per heavy atom. The lowest BCUT2D eigenvalue weighted by molar-refractivity contribution is 0.180. The lowest BCUT2D eigenvalue weighted by Crippen LogP contribution is -2.37. The highest BCUT2D eigenvalue weighted by Gasteiger charge is 2.28. The summed E-state index contributed by atoms with van der Waals surface area (Å²) in [5, 5.41) is 3.04. The number of piperidine rings is 1. The summed E-state index contributed by atoms with van der Waals surface area (Å²) in [7, 11) is 2.25. The van der Waals surface area contributed by atoms with E-state index >= 15 is 0 Å². The first-order valence-electron chi connectivity index (χ1n) is 7.03. The molecule has 0 aliphatic carbocycles. The maximum absolute atomic E-state index is 2.64. The summed E-state index contributed by atoms with van der Waals surface area (Å²) >= 11 is 1.97. The van der Waals surface area contributed by atoms with Crippen LogP contribution in [0.4, 0.5) is 0 Å². The van der Waals surface area contributed by atoms with Crippen molar-refractivity contribution in [3.8, 4) is 0 Å². The average Bonchev–Trinajstić information content (AvgIpc) is 2.68. The van der Waals surface area contributed by atoms with Gasteiger partial charge in [0, 0.05) is 18.7 Å². The van der Waals surface area contributed by atoms with Crippen molar-refractivity contribution in [2.75, 3.05) is 26.7 Å². The summed E-state index contributed by atoms with van der Waals surface area (Å²) in [6, 6.07) is 0.